The molecule has 1 atom stereocenters. The molecule has 1 aliphatic rings. The number of nitrogens with one attached hydrogen (secondary N) is 3. The fourth-order valence-electron chi connectivity index (χ4n) is 4.15. The minimum Gasteiger partial charge on any atom is -0.371 e. The number of carbonyl (C=O) groups excluding carboxylic acids is 2. The normalized spacial score (nSPS) is 15.2. The quantitative estimate of drug-likeness (QED) is 0.286. The number of nitrogens with zero attached hydrogens (tertiary/aromatic N) is 3. The number of nitrogens with two attached hydrogens (primary N) is 1. The molecule has 5 rings (SSSR count). The summed E-state index contributed by atoms with van der Waals surface area (Å²) in [5.74, 6) is -0.592. The van der Waals surface area contributed by atoms with Crippen LogP contribution in [-0.2, 0) is 9.53 Å². The zero-order valence-electron chi connectivity index (χ0n) is 19.9. The van der Waals surface area contributed by atoms with E-state index in [2.05, 4.69) is 32.5 Å². The van der Waals surface area contributed by atoms with Crippen LogP contribution in [0.1, 0.15) is 22.0 Å². The van der Waals surface area contributed by atoms with Crippen molar-refractivity contribution in [1.82, 2.24) is 20.3 Å². The highest BCUT2D eigenvalue weighted by molar-refractivity contribution is 6.00. The van der Waals surface area contributed by atoms with Crippen molar-refractivity contribution in [3.05, 3.63) is 84.7 Å². The van der Waals surface area contributed by atoms with Gasteiger partial charge in [0, 0.05) is 42.1 Å². The first-order chi connectivity index (χ1) is 18.0. The van der Waals surface area contributed by atoms with Crippen molar-refractivity contribution in [3.8, 4) is 11.3 Å². The van der Waals surface area contributed by atoms with Gasteiger partial charge in [-0.15, -0.1) is 0 Å². The number of hydrogen-bond donors (Lipinski definition) is 4. The molecule has 2 aromatic carbocycles. The van der Waals surface area contributed by atoms with Gasteiger partial charge in [-0.05, 0) is 35.9 Å². The Morgan fingerprint density at radius 2 is 2.05 bits per heavy atom. The van der Waals surface area contributed by atoms with Gasteiger partial charge in [-0.1, -0.05) is 30.8 Å². The fraction of sp³-hybridized carbons (Fsp3) is 0.148. The summed E-state index contributed by atoms with van der Waals surface area (Å²) in [7, 11) is 0. The zero-order chi connectivity index (χ0) is 25.8. The standard InChI is InChI=1S/C27H25N7O3/c1-2-24(35)32-18-8-9-30-22(13-18)19-5-3-4-17-14-31-27(34-25(17)19)33-21-7-6-16(12-20(21)26(28)36)23-15-29-10-11-37-23/h2-9,12-14,23,29H,1,10-11,15H2,(H2,28,36)(H,30,32,35)(H,31,33,34). The SMILES string of the molecule is C=CC(=O)Nc1ccnc(-c2cccc3cnc(Nc4ccc(C5CNCCO5)cc4C(N)=O)nc23)c1. The third-order valence-electron chi connectivity index (χ3n) is 5.95. The maximum Gasteiger partial charge on any atom is 0.250 e. The molecule has 5 N–H and O–H groups in total. The number of fused-ring (bicyclic) bond motifs is 1. The lowest BCUT2D eigenvalue weighted by molar-refractivity contribution is -0.111. The van der Waals surface area contributed by atoms with Gasteiger partial charge in [-0.2, -0.15) is 0 Å². The van der Waals surface area contributed by atoms with Crippen LogP contribution in [0.25, 0.3) is 22.2 Å². The van der Waals surface area contributed by atoms with Gasteiger partial charge in [0.05, 0.1) is 35.2 Å². The fourth-order valence-corrected chi connectivity index (χ4v) is 4.15. The zero-order valence-corrected chi connectivity index (χ0v) is 19.9. The van der Waals surface area contributed by atoms with Crippen LogP contribution in [0.5, 0.6) is 0 Å². The molecular formula is C27H25N7O3. The number of benzene rings is 2. The number of para-hydroxylation sites is 1. The number of aromatic nitrogens is 3. The minimum absolute atomic E-state index is 0.153. The lowest BCUT2D eigenvalue weighted by Crippen LogP contribution is -2.33. The Balaban J connectivity index is 1.49. The molecule has 0 spiro atoms. The van der Waals surface area contributed by atoms with Crippen LogP contribution in [0.3, 0.4) is 0 Å². The Labute approximate surface area is 213 Å². The number of pyridine rings is 1. The maximum atomic E-state index is 12.3. The summed E-state index contributed by atoms with van der Waals surface area (Å²) in [5.41, 5.74) is 9.98. The van der Waals surface area contributed by atoms with Crippen LogP contribution in [0, 0.1) is 0 Å². The van der Waals surface area contributed by atoms with E-state index in [-0.39, 0.29) is 12.0 Å². The molecule has 2 aromatic heterocycles. The predicted molar refractivity (Wildman–Crippen MR) is 141 cm³/mol. The van der Waals surface area contributed by atoms with Gasteiger partial charge in [0.1, 0.15) is 0 Å². The second-order valence-electron chi connectivity index (χ2n) is 8.42. The molecule has 1 aliphatic heterocycles. The highest BCUT2D eigenvalue weighted by Gasteiger charge is 2.19. The van der Waals surface area contributed by atoms with Crippen LogP contribution < -0.4 is 21.7 Å². The first-order valence-electron chi connectivity index (χ1n) is 11.7. The third-order valence-corrected chi connectivity index (χ3v) is 5.95. The Morgan fingerprint density at radius 3 is 2.84 bits per heavy atom. The number of rotatable bonds is 7. The second-order valence-corrected chi connectivity index (χ2v) is 8.42. The van der Waals surface area contributed by atoms with E-state index in [4.69, 9.17) is 15.5 Å². The summed E-state index contributed by atoms with van der Waals surface area (Å²) in [6.45, 7) is 5.53. The van der Waals surface area contributed by atoms with Crippen LogP contribution in [0.2, 0.25) is 0 Å². The first-order valence-corrected chi connectivity index (χ1v) is 11.7. The van der Waals surface area contributed by atoms with Gasteiger partial charge in [0.2, 0.25) is 11.9 Å². The summed E-state index contributed by atoms with van der Waals surface area (Å²) in [4.78, 5) is 37.6. The maximum absolute atomic E-state index is 12.3. The molecule has 2 amide bonds. The van der Waals surface area contributed by atoms with Crippen LogP contribution >= 0.6 is 0 Å². The largest absolute Gasteiger partial charge is 0.371 e. The van der Waals surface area contributed by atoms with Gasteiger partial charge in [0.25, 0.3) is 5.91 Å². The highest BCUT2D eigenvalue weighted by Crippen LogP contribution is 2.30. The van der Waals surface area contributed by atoms with Crippen molar-refractivity contribution in [2.75, 3.05) is 30.3 Å². The first kappa shape index (κ1) is 24.0. The predicted octanol–water partition coefficient (Wildman–Crippen LogP) is 3.32. The van der Waals surface area contributed by atoms with E-state index >= 15 is 0 Å². The van der Waals surface area contributed by atoms with Crippen molar-refractivity contribution >= 4 is 40.0 Å². The molecule has 0 saturated carbocycles. The molecule has 10 heteroatoms. The average Bonchev–Trinajstić information content (AvgIpc) is 2.93. The summed E-state index contributed by atoms with van der Waals surface area (Å²) in [6.07, 6.45) is 4.35. The van der Waals surface area contributed by atoms with E-state index in [9.17, 15) is 9.59 Å². The summed E-state index contributed by atoms with van der Waals surface area (Å²) in [5, 5.41) is 9.96. The lowest BCUT2D eigenvalue weighted by Gasteiger charge is -2.24. The van der Waals surface area contributed by atoms with Crippen LogP contribution in [0.4, 0.5) is 17.3 Å². The van der Waals surface area contributed by atoms with Gasteiger partial charge in [-0.25, -0.2) is 9.97 Å². The molecule has 10 nitrogen and oxygen atoms in total. The number of hydrogen-bond acceptors (Lipinski definition) is 8. The summed E-state index contributed by atoms with van der Waals surface area (Å²) >= 11 is 0. The Bertz CT molecular complexity index is 1500. The lowest BCUT2D eigenvalue weighted by atomic mass is 10.0. The van der Waals surface area contributed by atoms with Gasteiger partial charge < -0.3 is 26.4 Å². The summed E-state index contributed by atoms with van der Waals surface area (Å²) in [6, 6.07) is 14.5. The van der Waals surface area contributed by atoms with E-state index in [1.165, 1.54) is 6.08 Å². The molecule has 37 heavy (non-hydrogen) atoms. The molecule has 3 heterocycles. The Kier molecular flexibility index (Phi) is 6.84. The number of primary amides is 1. The molecule has 4 aromatic rings. The van der Waals surface area contributed by atoms with Crippen molar-refractivity contribution < 1.29 is 14.3 Å². The van der Waals surface area contributed by atoms with Crippen molar-refractivity contribution in [3.63, 3.8) is 0 Å². The van der Waals surface area contributed by atoms with Gasteiger partial charge in [-0.3, -0.25) is 14.6 Å². The molecule has 0 radical (unpaired) electrons. The monoisotopic (exact) mass is 495 g/mol. The number of ether oxygens (including phenoxy) is 1. The van der Waals surface area contributed by atoms with Gasteiger partial charge >= 0.3 is 0 Å². The molecular weight excluding hydrogens is 470 g/mol. The third kappa shape index (κ3) is 5.30. The molecule has 0 aliphatic carbocycles. The highest BCUT2D eigenvalue weighted by atomic mass is 16.5. The molecule has 186 valence electrons. The van der Waals surface area contributed by atoms with E-state index in [1.807, 2.05) is 24.3 Å². The minimum atomic E-state index is -0.572. The molecule has 1 saturated heterocycles. The second kappa shape index (κ2) is 10.5. The topological polar surface area (TPSA) is 144 Å². The van der Waals surface area contributed by atoms with E-state index in [0.717, 1.165) is 23.1 Å². The van der Waals surface area contributed by atoms with Crippen LogP contribution in [-0.4, -0.2) is 46.5 Å². The van der Waals surface area contributed by atoms with E-state index in [0.29, 0.717) is 47.2 Å². The number of carbonyl (C=O) groups is 2. The molecule has 1 unspecified atom stereocenters. The van der Waals surface area contributed by atoms with Crippen molar-refractivity contribution in [1.29, 1.82) is 0 Å². The Hall–Kier alpha value is -4.67. The Morgan fingerprint density at radius 1 is 1.16 bits per heavy atom. The smallest absolute Gasteiger partial charge is 0.250 e. The van der Waals surface area contributed by atoms with Crippen molar-refractivity contribution in [2.45, 2.75) is 6.10 Å². The average molecular weight is 496 g/mol. The van der Waals surface area contributed by atoms with Crippen molar-refractivity contribution in [2.24, 2.45) is 5.73 Å². The van der Waals surface area contributed by atoms with Crippen LogP contribution in [0.15, 0.2) is 73.6 Å². The van der Waals surface area contributed by atoms with Gasteiger partial charge in [0.15, 0.2) is 0 Å². The molecule has 0 bridgehead atoms. The number of anilines is 3. The number of morpholine rings is 1. The van der Waals surface area contributed by atoms with E-state index in [1.54, 1.807) is 36.7 Å². The number of amides is 2. The molecule has 1 fully saturated rings. The summed E-state index contributed by atoms with van der Waals surface area (Å²) < 4.78 is 5.80. The van der Waals surface area contributed by atoms with E-state index < -0.39 is 5.91 Å².